The lowest BCUT2D eigenvalue weighted by Gasteiger charge is -2.32. The number of nitrogens with zero attached hydrogens (tertiary/aromatic N) is 1. The van der Waals surface area contributed by atoms with Gasteiger partial charge in [0.25, 0.3) is 0 Å². The molecule has 0 aliphatic heterocycles. The van der Waals surface area contributed by atoms with E-state index >= 15 is 0 Å². The fraction of sp³-hybridized carbons (Fsp3) is 0.500. The Morgan fingerprint density at radius 2 is 2.29 bits per heavy atom. The number of halogens is 1. The summed E-state index contributed by atoms with van der Waals surface area (Å²) in [6.45, 7) is 4.38. The van der Waals surface area contributed by atoms with E-state index in [-0.39, 0.29) is 11.5 Å². The van der Waals surface area contributed by atoms with Gasteiger partial charge in [0.05, 0.1) is 11.1 Å². The third-order valence-corrected chi connectivity index (χ3v) is 3.51. The van der Waals surface area contributed by atoms with Crippen molar-refractivity contribution in [3.63, 3.8) is 0 Å². The summed E-state index contributed by atoms with van der Waals surface area (Å²) < 4.78 is 0. The van der Waals surface area contributed by atoms with Gasteiger partial charge < -0.3 is 5.11 Å². The van der Waals surface area contributed by atoms with Gasteiger partial charge >= 0.3 is 0 Å². The van der Waals surface area contributed by atoms with Crippen molar-refractivity contribution in [1.82, 2.24) is 4.98 Å². The molecule has 1 aliphatic rings. The molecule has 1 aromatic heterocycles. The van der Waals surface area contributed by atoms with Crippen LogP contribution in [-0.2, 0) is 6.42 Å². The average molecular weight is 252 g/mol. The summed E-state index contributed by atoms with van der Waals surface area (Å²) in [6.07, 6.45) is 7.73. The monoisotopic (exact) mass is 251 g/mol. The highest BCUT2D eigenvalue weighted by Crippen LogP contribution is 2.37. The van der Waals surface area contributed by atoms with Crippen LogP contribution in [0.3, 0.4) is 0 Å². The van der Waals surface area contributed by atoms with Gasteiger partial charge in [0.2, 0.25) is 0 Å². The van der Waals surface area contributed by atoms with Crippen LogP contribution in [0.5, 0.6) is 0 Å². The summed E-state index contributed by atoms with van der Waals surface area (Å²) in [5, 5.41) is 10.5. The molecule has 0 bridgehead atoms. The van der Waals surface area contributed by atoms with E-state index in [1.54, 1.807) is 12.4 Å². The second-order valence-corrected chi connectivity index (χ2v) is 5.99. The van der Waals surface area contributed by atoms with E-state index in [0.717, 1.165) is 24.8 Å². The van der Waals surface area contributed by atoms with Crippen molar-refractivity contribution in [3.05, 3.63) is 40.7 Å². The van der Waals surface area contributed by atoms with Crippen molar-refractivity contribution >= 4 is 11.6 Å². The van der Waals surface area contributed by atoms with Crippen LogP contribution in [0, 0.1) is 5.41 Å². The first-order valence-corrected chi connectivity index (χ1v) is 6.30. The first-order chi connectivity index (χ1) is 7.96. The third-order valence-electron chi connectivity index (χ3n) is 3.17. The molecule has 3 heteroatoms. The Morgan fingerprint density at radius 1 is 1.53 bits per heavy atom. The standard InChI is InChI=1S/C14H18ClNO/c1-14(2)7-10(6-12(17)8-14)5-11-3-4-16-9-13(11)15/h3-4,6,9,12,17H,5,7-8H2,1-2H3. The van der Waals surface area contributed by atoms with Gasteiger partial charge in [-0.05, 0) is 36.3 Å². The smallest absolute Gasteiger partial charge is 0.0728 e. The summed E-state index contributed by atoms with van der Waals surface area (Å²) in [5.74, 6) is 0. The van der Waals surface area contributed by atoms with Crippen LogP contribution in [0.25, 0.3) is 0 Å². The number of aromatic nitrogens is 1. The number of aliphatic hydroxyl groups is 1. The van der Waals surface area contributed by atoms with E-state index in [9.17, 15) is 5.11 Å². The molecule has 92 valence electrons. The summed E-state index contributed by atoms with van der Waals surface area (Å²) >= 11 is 6.10. The van der Waals surface area contributed by atoms with Gasteiger partial charge in [-0.15, -0.1) is 0 Å². The highest BCUT2D eigenvalue weighted by atomic mass is 35.5. The maximum atomic E-state index is 9.84. The van der Waals surface area contributed by atoms with E-state index < -0.39 is 0 Å². The van der Waals surface area contributed by atoms with Gasteiger partial charge in [0.1, 0.15) is 0 Å². The normalized spacial score (nSPS) is 23.3. The lowest BCUT2D eigenvalue weighted by Crippen LogP contribution is -2.25. The van der Waals surface area contributed by atoms with Crippen molar-refractivity contribution in [1.29, 1.82) is 0 Å². The minimum absolute atomic E-state index is 0.170. The predicted molar refractivity (Wildman–Crippen MR) is 70.1 cm³/mol. The van der Waals surface area contributed by atoms with E-state index in [4.69, 9.17) is 11.6 Å². The summed E-state index contributed by atoms with van der Waals surface area (Å²) in [5.41, 5.74) is 2.52. The van der Waals surface area contributed by atoms with Gasteiger partial charge in [-0.1, -0.05) is 37.1 Å². The fourth-order valence-electron chi connectivity index (χ4n) is 2.56. The van der Waals surface area contributed by atoms with Crippen LogP contribution in [0.2, 0.25) is 5.02 Å². The van der Waals surface area contributed by atoms with Crippen molar-refractivity contribution < 1.29 is 5.11 Å². The molecule has 1 aliphatic carbocycles. The molecule has 2 rings (SSSR count). The Morgan fingerprint density at radius 3 is 2.94 bits per heavy atom. The quantitative estimate of drug-likeness (QED) is 0.818. The topological polar surface area (TPSA) is 33.1 Å². The molecule has 0 saturated carbocycles. The van der Waals surface area contributed by atoms with E-state index in [1.165, 1.54) is 5.57 Å². The fourth-order valence-corrected chi connectivity index (χ4v) is 2.74. The summed E-state index contributed by atoms with van der Waals surface area (Å²) in [4.78, 5) is 3.98. The molecule has 2 nitrogen and oxygen atoms in total. The SMILES string of the molecule is CC1(C)CC(Cc2ccncc2Cl)=CC(O)C1. The molecule has 0 saturated heterocycles. The first kappa shape index (κ1) is 12.6. The largest absolute Gasteiger partial charge is 0.389 e. The van der Waals surface area contributed by atoms with Gasteiger partial charge in [0, 0.05) is 12.4 Å². The highest BCUT2D eigenvalue weighted by Gasteiger charge is 2.27. The van der Waals surface area contributed by atoms with Crippen LogP contribution in [-0.4, -0.2) is 16.2 Å². The summed E-state index contributed by atoms with van der Waals surface area (Å²) in [6, 6.07) is 1.94. The van der Waals surface area contributed by atoms with Crippen molar-refractivity contribution in [3.8, 4) is 0 Å². The molecule has 0 aromatic carbocycles. The number of allylic oxidation sites excluding steroid dienone is 1. The lowest BCUT2D eigenvalue weighted by molar-refractivity contribution is 0.138. The Kier molecular flexibility index (Phi) is 3.55. The maximum absolute atomic E-state index is 9.84. The minimum atomic E-state index is -0.325. The van der Waals surface area contributed by atoms with Crippen molar-refractivity contribution in [2.45, 2.75) is 39.2 Å². The second kappa shape index (κ2) is 4.79. The Balaban J connectivity index is 2.17. The average Bonchev–Trinajstić information content (AvgIpc) is 2.18. The van der Waals surface area contributed by atoms with Crippen LogP contribution < -0.4 is 0 Å². The molecular weight excluding hydrogens is 234 g/mol. The molecule has 1 heterocycles. The van der Waals surface area contributed by atoms with Crippen LogP contribution in [0.15, 0.2) is 30.1 Å². The predicted octanol–water partition coefficient (Wildman–Crippen LogP) is 3.38. The number of rotatable bonds is 2. The van der Waals surface area contributed by atoms with Gasteiger partial charge in [0.15, 0.2) is 0 Å². The van der Waals surface area contributed by atoms with Gasteiger partial charge in [-0.25, -0.2) is 0 Å². The van der Waals surface area contributed by atoms with E-state index in [1.807, 2.05) is 12.1 Å². The summed E-state index contributed by atoms with van der Waals surface area (Å²) in [7, 11) is 0. The Labute approximate surface area is 107 Å². The molecule has 0 radical (unpaired) electrons. The molecule has 1 unspecified atom stereocenters. The minimum Gasteiger partial charge on any atom is -0.389 e. The number of hydrogen-bond acceptors (Lipinski definition) is 2. The second-order valence-electron chi connectivity index (χ2n) is 5.58. The van der Waals surface area contributed by atoms with Gasteiger partial charge in [-0.2, -0.15) is 0 Å². The van der Waals surface area contributed by atoms with E-state index in [0.29, 0.717) is 5.02 Å². The first-order valence-electron chi connectivity index (χ1n) is 5.92. The molecule has 1 N–H and O–H groups in total. The Hall–Kier alpha value is -0.860. The lowest BCUT2D eigenvalue weighted by atomic mass is 9.75. The molecule has 17 heavy (non-hydrogen) atoms. The number of hydrogen-bond donors (Lipinski definition) is 1. The zero-order valence-electron chi connectivity index (χ0n) is 10.3. The molecule has 0 fully saturated rings. The van der Waals surface area contributed by atoms with Crippen LogP contribution >= 0.6 is 11.6 Å². The molecule has 1 aromatic rings. The number of aliphatic hydroxyl groups excluding tert-OH is 1. The van der Waals surface area contributed by atoms with E-state index in [2.05, 4.69) is 18.8 Å². The third kappa shape index (κ3) is 3.30. The van der Waals surface area contributed by atoms with Crippen LogP contribution in [0.4, 0.5) is 0 Å². The van der Waals surface area contributed by atoms with Crippen molar-refractivity contribution in [2.75, 3.05) is 0 Å². The van der Waals surface area contributed by atoms with Gasteiger partial charge in [-0.3, -0.25) is 4.98 Å². The molecular formula is C14H18ClNO. The van der Waals surface area contributed by atoms with Crippen LogP contribution in [0.1, 0.15) is 32.3 Å². The molecule has 0 spiro atoms. The maximum Gasteiger partial charge on any atom is 0.0728 e. The highest BCUT2D eigenvalue weighted by molar-refractivity contribution is 6.31. The molecule has 0 amide bonds. The zero-order chi connectivity index (χ0) is 12.5. The Bertz CT molecular complexity index is 440. The van der Waals surface area contributed by atoms with Crippen molar-refractivity contribution in [2.24, 2.45) is 5.41 Å². The molecule has 1 atom stereocenters. The number of pyridine rings is 1. The zero-order valence-corrected chi connectivity index (χ0v) is 11.0.